The van der Waals surface area contributed by atoms with Gasteiger partial charge in [0.2, 0.25) is 5.91 Å². The molecule has 3 rings (SSSR count). The van der Waals surface area contributed by atoms with Crippen molar-refractivity contribution in [2.45, 2.75) is 31.5 Å². The van der Waals surface area contributed by atoms with E-state index in [9.17, 15) is 14.4 Å². The summed E-state index contributed by atoms with van der Waals surface area (Å²) < 4.78 is 1.64. The fourth-order valence-electron chi connectivity index (χ4n) is 2.71. The third-order valence-electron chi connectivity index (χ3n) is 4.29. The van der Waals surface area contributed by atoms with Gasteiger partial charge in [-0.3, -0.25) is 19.1 Å². The van der Waals surface area contributed by atoms with Gasteiger partial charge in [0.25, 0.3) is 5.56 Å². The summed E-state index contributed by atoms with van der Waals surface area (Å²) in [5.41, 5.74) is 0.509. The summed E-state index contributed by atoms with van der Waals surface area (Å²) in [7, 11) is 0. The van der Waals surface area contributed by atoms with Gasteiger partial charge in [0.15, 0.2) is 5.16 Å². The molecule has 1 aliphatic rings. The standard InChI is InChI=1S/C17H20N4O3S/c1-3-11(2)21-15(23)12-6-4-5-7-13(12)19-17(21)25-10-14(22)20-9-8-18-16(20)24/h4-7,11H,3,8-10H2,1-2H3,(H,18,24)/t11-/m1/s1. The summed E-state index contributed by atoms with van der Waals surface area (Å²) in [6.45, 7) is 4.81. The maximum Gasteiger partial charge on any atom is 0.324 e. The van der Waals surface area contributed by atoms with Crippen LogP contribution >= 0.6 is 11.8 Å². The monoisotopic (exact) mass is 360 g/mol. The van der Waals surface area contributed by atoms with E-state index in [4.69, 9.17) is 0 Å². The lowest BCUT2D eigenvalue weighted by Crippen LogP contribution is -2.35. The fraction of sp³-hybridized carbons (Fsp3) is 0.412. The zero-order valence-corrected chi connectivity index (χ0v) is 15.0. The summed E-state index contributed by atoms with van der Waals surface area (Å²) in [5, 5.41) is 3.68. The molecule has 132 valence electrons. The molecule has 1 saturated heterocycles. The number of nitrogens with one attached hydrogen (secondary N) is 1. The number of hydrogen-bond acceptors (Lipinski definition) is 5. The van der Waals surface area contributed by atoms with Crippen molar-refractivity contribution in [3.05, 3.63) is 34.6 Å². The molecular formula is C17H20N4O3S. The van der Waals surface area contributed by atoms with Crippen molar-refractivity contribution in [1.82, 2.24) is 19.8 Å². The first kappa shape index (κ1) is 17.5. The van der Waals surface area contributed by atoms with E-state index in [1.54, 1.807) is 16.7 Å². The Hall–Kier alpha value is -2.35. The number of carbonyl (C=O) groups excluding carboxylic acids is 2. The molecule has 25 heavy (non-hydrogen) atoms. The maximum atomic E-state index is 12.9. The smallest absolute Gasteiger partial charge is 0.324 e. The van der Waals surface area contributed by atoms with Crippen molar-refractivity contribution in [1.29, 1.82) is 0 Å². The average molecular weight is 360 g/mol. The second-order valence-corrected chi connectivity index (χ2v) is 6.85. The number of nitrogens with zero attached hydrogens (tertiary/aromatic N) is 3. The molecule has 1 fully saturated rings. The van der Waals surface area contributed by atoms with Crippen molar-refractivity contribution in [2.24, 2.45) is 0 Å². The Balaban J connectivity index is 1.93. The highest BCUT2D eigenvalue weighted by Crippen LogP contribution is 2.22. The Morgan fingerprint density at radius 3 is 2.80 bits per heavy atom. The number of aromatic nitrogens is 2. The van der Waals surface area contributed by atoms with Crippen molar-refractivity contribution >= 4 is 34.6 Å². The number of fused-ring (bicyclic) bond motifs is 1. The van der Waals surface area contributed by atoms with E-state index in [0.29, 0.717) is 29.1 Å². The van der Waals surface area contributed by atoms with Crippen LogP contribution in [0.3, 0.4) is 0 Å². The minimum atomic E-state index is -0.364. The van der Waals surface area contributed by atoms with Gasteiger partial charge in [0.1, 0.15) is 0 Å². The minimum absolute atomic E-state index is 0.0303. The molecular weight excluding hydrogens is 340 g/mol. The third kappa shape index (κ3) is 3.39. The van der Waals surface area contributed by atoms with Gasteiger partial charge < -0.3 is 5.32 Å². The predicted octanol–water partition coefficient (Wildman–Crippen LogP) is 2.01. The molecule has 2 heterocycles. The number of hydrogen-bond donors (Lipinski definition) is 1. The van der Waals surface area contributed by atoms with Gasteiger partial charge in [0.05, 0.1) is 16.7 Å². The molecule has 1 aromatic heterocycles. The van der Waals surface area contributed by atoms with Crippen LogP contribution in [0.4, 0.5) is 4.79 Å². The maximum absolute atomic E-state index is 12.9. The molecule has 8 heteroatoms. The summed E-state index contributed by atoms with van der Waals surface area (Å²) in [5.74, 6) is -0.215. The van der Waals surface area contributed by atoms with Crippen LogP contribution in [0.15, 0.2) is 34.2 Å². The predicted molar refractivity (Wildman–Crippen MR) is 96.8 cm³/mol. The molecule has 1 aliphatic heterocycles. The molecule has 0 aliphatic carbocycles. The van der Waals surface area contributed by atoms with Gasteiger partial charge in [0, 0.05) is 19.1 Å². The highest BCUT2D eigenvalue weighted by atomic mass is 32.2. The van der Waals surface area contributed by atoms with E-state index in [1.807, 2.05) is 26.0 Å². The van der Waals surface area contributed by atoms with E-state index in [1.165, 1.54) is 16.7 Å². The van der Waals surface area contributed by atoms with Gasteiger partial charge in [-0.1, -0.05) is 30.8 Å². The number of benzene rings is 1. The first-order chi connectivity index (χ1) is 12.0. The summed E-state index contributed by atoms with van der Waals surface area (Å²) >= 11 is 1.20. The number of thioether (sulfide) groups is 1. The van der Waals surface area contributed by atoms with Crippen LogP contribution in [0.1, 0.15) is 26.3 Å². The lowest BCUT2D eigenvalue weighted by molar-refractivity contribution is -0.124. The molecule has 0 saturated carbocycles. The minimum Gasteiger partial charge on any atom is -0.336 e. The van der Waals surface area contributed by atoms with Gasteiger partial charge >= 0.3 is 6.03 Å². The number of amides is 3. The van der Waals surface area contributed by atoms with Crippen LogP contribution in [-0.2, 0) is 4.79 Å². The average Bonchev–Trinajstić information content (AvgIpc) is 3.05. The van der Waals surface area contributed by atoms with Gasteiger partial charge in [-0.15, -0.1) is 0 Å². The number of para-hydroxylation sites is 1. The van der Waals surface area contributed by atoms with Crippen LogP contribution in [0.5, 0.6) is 0 Å². The van der Waals surface area contributed by atoms with Crippen LogP contribution < -0.4 is 10.9 Å². The molecule has 3 amide bonds. The van der Waals surface area contributed by atoms with Crippen LogP contribution in [0.2, 0.25) is 0 Å². The molecule has 0 bridgehead atoms. The van der Waals surface area contributed by atoms with E-state index in [-0.39, 0.29) is 29.3 Å². The quantitative estimate of drug-likeness (QED) is 0.651. The van der Waals surface area contributed by atoms with E-state index >= 15 is 0 Å². The highest BCUT2D eigenvalue weighted by molar-refractivity contribution is 7.99. The normalized spacial score (nSPS) is 15.4. The summed E-state index contributed by atoms with van der Waals surface area (Å²) in [4.78, 5) is 42.5. The Morgan fingerprint density at radius 1 is 1.36 bits per heavy atom. The molecule has 0 unspecified atom stereocenters. The van der Waals surface area contributed by atoms with Crippen molar-refractivity contribution in [2.75, 3.05) is 18.8 Å². The summed E-state index contributed by atoms with van der Waals surface area (Å²) in [6, 6.07) is 6.80. The third-order valence-corrected chi connectivity index (χ3v) is 5.23. The number of rotatable bonds is 5. The number of imide groups is 1. The highest BCUT2D eigenvalue weighted by Gasteiger charge is 2.26. The summed E-state index contributed by atoms with van der Waals surface area (Å²) in [6.07, 6.45) is 0.774. The Bertz CT molecular complexity index is 880. The Kier molecular flexibility index (Phi) is 5.08. The van der Waals surface area contributed by atoms with Crippen molar-refractivity contribution in [3.63, 3.8) is 0 Å². The molecule has 1 N–H and O–H groups in total. The molecule has 0 spiro atoms. The molecule has 2 aromatic rings. The van der Waals surface area contributed by atoms with Crippen molar-refractivity contribution in [3.8, 4) is 0 Å². The van der Waals surface area contributed by atoms with E-state index < -0.39 is 0 Å². The number of carbonyl (C=O) groups is 2. The first-order valence-corrected chi connectivity index (χ1v) is 9.23. The van der Waals surface area contributed by atoms with Gasteiger partial charge in [-0.2, -0.15) is 0 Å². The zero-order valence-electron chi connectivity index (χ0n) is 14.2. The van der Waals surface area contributed by atoms with Crippen LogP contribution in [0, 0.1) is 0 Å². The first-order valence-electron chi connectivity index (χ1n) is 8.25. The lowest BCUT2D eigenvalue weighted by atomic mass is 10.2. The number of urea groups is 1. The second kappa shape index (κ2) is 7.26. The van der Waals surface area contributed by atoms with E-state index in [2.05, 4.69) is 10.3 Å². The Morgan fingerprint density at radius 2 is 2.12 bits per heavy atom. The van der Waals surface area contributed by atoms with Gasteiger partial charge in [-0.05, 0) is 25.5 Å². The zero-order chi connectivity index (χ0) is 18.0. The largest absolute Gasteiger partial charge is 0.336 e. The van der Waals surface area contributed by atoms with Crippen LogP contribution in [-0.4, -0.2) is 45.2 Å². The Labute approximate surface area is 149 Å². The van der Waals surface area contributed by atoms with Crippen molar-refractivity contribution < 1.29 is 9.59 Å². The second-order valence-electron chi connectivity index (χ2n) is 5.91. The molecule has 1 atom stereocenters. The topological polar surface area (TPSA) is 84.3 Å². The molecule has 0 radical (unpaired) electrons. The fourth-order valence-corrected chi connectivity index (χ4v) is 3.69. The SMILES string of the molecule is CC[C@@H](C)n1c(SCC(=O)N2CCNC2=O)nc2ccccc2c1=O. The molecule has 7 nitrogen and oxygen atoms in total. The lowest BCUT2D eigenvalue weighted by Gasteiger charge is -2.18. The van der Waals surface area contributed by atoms with E-state index in [0.717, 1.165) is 6.42 Å². The van der Waals surface area contributed by atoms with Crippen LogP contribution in [0.25, 0.3) is 10.9 Å². The van der Waals surface area contributed by atoms with Gasteiger partial charge in [-0.25, -0.2) is 9.78 Å². The molecule has 1 aromatic carbocycles.